The lowest BCUT2D eigenvalue weighted by atomic mass is 10.4. The van der Waals surface area contributed by atoms with Crippen LogP contribution in [0.1, 0.15) is 22.8 Å². The molecule has 0 aliphatic carbocycles. The van der Waals surface area contributed by atoms with Crippen LogP contribution >= 0.6 is 23.5 Å². The molecule has 0 bridgehead atoms. The molecule has 2 heterocycles. The fourth-order valence-corrected chi connectivity index (χ4v) is 3.60. The summed E-state index contributed by atoms with van der Waals surface area (Å²) in [5.41, 5.74) is 3.67. The van der Waals surface area contributed by atoms with Crippen LogP contribution in [0.25, 0.3) is 0 Å². The summed E-state index contributed by atoms with van der Waals surface area (Å²) in [4.78, 5) is 29.2. The Morgan fingerprint density at radius 1 is 0.773 bits per heavy atom. The van der Waals surface area contributed by atoms with E-state index in [1.807, 2.05) is 39.8 Å². The number of aryl methyl sites for hydroxylation is 4. The Balaban J connectivity index is 1.85. The second-order valence-electron chi connectivity index (χ2n) is 4.98. The minimum absolute atomic E-state index is 0.125. The average Bonchev–Trinajstić information content (AvgIpc) is 2.41. The maximum atomic E-state index is 12.0. The van der Waals surface area contributed by atoms with Crippen LogP contribution in [0.3, 0.4) is 0 Å². The quantitative estimate of drug-likeness (QED) is 0.594. The SMILES string of the molecule is Cc1cc(C)nc(SCC(=O)CSc2nc(C)cc(C)n2)n1. The molecular formula is C15H18N4OS2. The summed E-state index contributed by atoms with van der Waals surface area (Å²) in [7, 11) is 0. The summed E-state index contributed by atoms with van der Waals surface area (Å²) in [6, 6.07) is 3.83. The van der Waals surface area contributed by atoms with Gasteiger partial charge in [0.05, 0.1) is 11.5 Å². The van der Waals surface area contributed by atoms with E-state index in [2.05, 4.69) is 19.9 Å². The Hall–Kier alpha value is -1.47. The van der Waals surface area contributed by atoms with Gasteiger partial charge in [0.1, 0.15) is 0 Å². The Kier molecular flexibility index (Phi) is 5.90. The lowest BCUT2D eigenvalue weighted by Crippen LogP contribution is -2.07. The maximum absolute atomic E-state index is 12.0. The number of carbonyl (C=O) groups excluding carboxylic acids is 1. The van der Waals surface area contributed by atoms with Gasteiger partial charge in [-0.25, -0.2) is 19.9 Å². The lowest BCUT2D eigenvalue weighted by Gasteiger charge is -2.04. The fraction of sp³-hybridized carbons (Fsp3) is 0.400. The van der Waals surface area contributed by atoms with Crippen molar-refractivity contribution >= 4 is 29.3 Å². The molecule has 0 unspecified atom stereocenters. The molecule has 0 spiro atoms. The van der Waals surface area contributed by atoms with Gasteiger partial charge in [0, 0.05) is 22.8 Å². The number of nitrogens with zero attached hydrogens (tertiary/aromatic N) is 4. The summed E-state index contributed by atoms with van der Waals surface area (Å²) in [6.07, 6.45) is 0. The largest absolute Gasteiger partial charge is 0.298 e. The van der Waals surface area contributed by atoms with Crippen molar-refractivity contribution in [1.29, 1.82) is 0 Å². The van der Waals surface area contributed by atoms with Crippen LogP contribution < -0.4 is 0 Å². The minimum Gasteiger partial charge on any atom is -0.298 e. The molecule has 0 radical (unpaired) electrons. The molecule has 2 aromatic rings. The van der Waals surface area contributed by atoms with Crippen LogP contribution in [-0.4, -0.2) is 37.2 Å². The van der Waals surface area contributed by atoms with Crippen molar-refractivity contribution in [2.75, 3.05) is 11.5 Å². The molecule has 0 aromatic carbocycles. The Morgan fingerprint density at radius 2 is 1.09 bits per heavy atom. The first kappa shape index (κ1) is 16.9. The molecular weight excluding hydrogens is 316 g/mol. The first-order valence-electron chi connectivity index (χ1n) is 6.84. The van der Waals surface area contributed by atoms with Gasteiger partial charge in [0.15, 0.2) is 16.1 Å². The van der Waals surface area contributed by atoms with Gasteiger partial charge in [0.2, 0.25) is 0 Å². The summed E-state index contributed by atoms with van der Waals surface area (Å²) < 4.78 is 0. The Labute approximate surface area is 138 Å². The molecule has 22 heavy (non-hydrogen) atoms. The molecule has 0 aliphatic rings. The Morgan fingerprint density at radius 3 is 1.41 bits per heavy atom. The number of hydrogen-bond acceptors (Lipinski definition) is 7. The predicted molar refractivity (Wildman–Crippen MR) is 89.5 cm³/mol. The zero-order valence-electron chi connectivity index (χ0n) is 13.1. The third-order valence-corrected chi connectivity index (χ3v) is 4.46. The number of ketones is 1. The minimum atomic E-state index is 0.125. The van der Waals surface area contributed by atoms with Gasteiger partial charge in [0.25, 0.3) is 0 Å². The number of carbonyl (C=O) groups is 1. The van der Waals surface area contributed by atoms with Crippen LogP contribution in [0.2, 0.25) is 0 Å². The second-order valence-corrected chi connectivity index (χ2v) is 6.87. The number of Topliss-reactive ketones (excluding diaryl/α,β-unsaturated/α-hetero) is 1. The van der Waals surface area contributed by atoms with Crippen molar-refractivity contribution in [1.82, 2.24) is 19.9 Å². The Bertz CT molecular complexity index is 593. The molecule has 0 aliphatic heterocycles. The molecule has 0 atom stereocenters. The van der Waals surface area contributed by atoms with E-state index in [4.69, 9.17) is 0 Å². The van der Waals surface area contributed by atoms with Crippen LogP contribution in [0.15, 0.2) is 22.4 Å². The first-order chi connectivity index (χ1) is 10.4. The molecule has 2 aromatic heterocycles. The fourth-order valence-electron chi connectivity index (χ4n) is 1.85. The van der Waals surface area contributed by atoms with Crippen molar-refractivity contribution in [2.24, 2.45) is 0 Å². The van der Waals surface area contributed by atoms with Crippen molar-refractivity contribution < 1.29 is 4.79 Å². The lowest BCUT2D eigenvalue weighted by molar-refractivity contribution is -0.114. The van der Waals surface area contributed by atoms with Gasteiger partial charge in [-0.05, 0) is 39.8 Å². The van der Waals surface area contributed by atoms with E-state index in [0.717, 1.165) is 22.8 Å². The highest BCUT2D eigenvalue weighted by atomic mass is 32.2. The van der Waals surface area contributed by atoms with E-state index in [0.29, 0.717) is 21.8 Å². The van der Waals surface area contributed by atoms with E-state index in [1.54, 1.807) is 0 Å². The molecule has 116 valence electrons. The van der Waals surface area contributed by atoms with Crippen molar-refractivity contribution in [2.45, 2.75) is 38.0 Å². The summed E-state index contributed by atoms with van der Waals surface area (Å²) in [5.74, 6) is 0.849. The number of aromatic nitrogens is 4. The smallest absolute Gasteiger partial charge is 0.188 e. The highest BCUT2D eigenvalue weighted by Crippen LogP contribution is 2.18. The zero-order valence-corrected chi connectivity index (χ0v) is 14.7. The van der Waals surface area contributed by atoms with Gasteiger partial charge in [-0.3, -0.25) is 4.79 Å². The number of thioether (sulfide) groups is 2. The van der Waals surface area contributed by atoms with Crippen molar-refractivity contribution in [3.63, 3.8) is 0 Å². The standard InChI is InChI=1S/C15H18N4OS2/c1-9-5-10(2)17-14(16-9)21-7-13(20)8-22-15-18-11(3)6-12(4)19-15/h5-6H,7-8H2,1-4H3. The molecule has 0 N–H and O–H groups in total. The van der Waals surface area contributed by atoms with E-state index >= 15 is 0 Å². The molecule has 7 heteroatoms. The molecule has 0 amide bonds. The third kappa shape index (κ3) is 5.38. The van der Waals surface area contributed by atoms with E-state index in [-0.39, 0.29) is 5.78 Å². The van der Waals surface area contributed by atoms with Crippen LogP contribution in [-0.2, 0) is 4.79 Å². The summed E-state index contributed by atoms with van der Waals surface area (Å²) in [5, 5.41) is 1.30. The van der Waals surface area contributed by atoms with Gasteiger partial charge in [-0.1, -0.05) is 23.5 Å². The van der Waals surface area contributed by atoms with Crippen LogP contribution in [0, 0.1) is 27.7 Å². The normalized spacial score (nSPS) is 10.7. The van der Waals surface area contributed by atoms with Gasteiger partial charge < -0.3 is 0 Å². The first-order valence-corrected chi connectivity index (χ1v) is 8.81. The predicted octanol–water partition coefficient (Wildman–Crippen LogP) is 2.95. The maximum Gasteiger partial charge on any atom is 0.188 e. The van der Waals surface area contributed by atoms with E-state index in [9.17, 15) is 4.79 Å². The van der Waals surface area contributed by atoms with Gasteiger partial charge in [-0.15, -0.1) is 0 Å². The summed E-state index contributed by atoms with van der Waals surface area (Å²) >= 11 is 2.74. The van der Waals surface area contributed by atoms with Crippen molar-refractivity contribution in [3.8, 4) is 0 Å². The molecule has 0 saturated carbocycles. The molecule has 2 rings (SSSR count). The van der Waals surface area contributed by atoms with E-state index in [1.165, 1.54) is 23.5 Å². The van der Waals surface area contributed by atoms with Gasteiger partial charge in [-0.2, -0.15) is 0 Å². The zero-order chi connectivity index (χ0) is 16.1. The van der Waals surface area contributed by atoms with Crippen LogP contribution in [0.4, 0.5) is 0 Å². The highest BCUT2D eigenvalue weighted by Gasteiger charge is 2.09. The number of hydrogen-bond donors (Lipinski definition) is 0. The molecule has 0 fully saturated rings. The molecule has 0 saturated heterocycles. The highest BCUT2D eigenvalue weighted by molar-refractivity contribution is 8.01. The third-order valence-electron chi connectivity index (χ3n) is 2.65. The van der Waals surface area contributed by atoms with Crippen molar-refractivity contribution in [3.05, 3.63) is 34.9 Å². The van der Waals surface area contributed by atoms with E-state index < -0.39 is 0 Å². The van der Waals surface area contributed by atoms with Gasteiger partial charge >= 0.3 is 0 Å². The van der Waals surface area contributed by atoms with Crippen LogP contribution in [0.5, 0.6) is 0 Å². The average molecular weight is 334 g/mol. The topological polar surface area (TPSA) is 68.6 Å². The second kappa shape index (κ2) is 7.69. The molecule has 5 nitrogen and oxygen atoms in total. The monoisotopic (exact) mass is 334 g/mol. The number of rotatable bonds is 6. The summed E-state index contributed by atoms with van der Waals surface area (Å²) in [6.45, 7) is 7.70.